The third kappa shape index (κ3) is 13.9. The monoisotopic (exact) mass is 190 g/mol. The van der Waals surface area contributed by atoms with Gasteiger partial charge in [-0.1, -0.05) is 0 Å². The molecule has 0 aromatic carbocycles. The quantitative estimate of drug-likeness (QED) is 0.215. The van der Waals surface area contributed by atoms with E-state index >= 15 is 0 Å². The third-order valence-electron chi connectivity index (χ3n) is 0.453. The molecule has 0 N–H and O–H groups in total. The molecule has 0 radical (unpaired) electrons. The van der Waals surface area contributed by atoms with Crippen LogP contribution in [0.4, 0.5) is 0 Å². The summed E-state index contributed by atoms with van der Waals surface area (Å²) in [6, 6.07) is 0. The van der Waals surface area contributed by atoms with Crippen LogP contribution in [0.5, 0.6) is 0 Å². The predicted molar refractivity (Wildman–Crippen MR) is 35.7 cm³/mol. The van der Waals surface area contributed by atoms with E-state index in [1.807, 2.05) is 0 Å². The summed E-state index contributed by atoms with van der Waals surface area (Å²) < 4.78 is 19.8. The van der Waals surface area contributed by atoms with Crippen molar-refractivity contribution in [1.82, 2.24) is 0 Å². The smallest absolute Gasteiger partial charge is 0.770 e. The van der Waals surface area contributed by atoms with Crippen molar-refractivity contribution in [3.05, 3.63) is 0 Å². The second-order valence-corrected chi connectivity index (χ2v) is 3.58. The van der Waals surface area contributed by atoms with Crippen LogP contribution in [0.3, 0.4) is 0 Å². The first-order chi connectivity index (χ1) is 4.42. The molecule has 6 heteroatoms. The number of rotatable bonds is 3. The van der Waals surface area contributed by atoms with E-state index in [0.717, 1.165) is 0 Å². The molecule has 0 fully saturated rings. The van der Waals surface area contributed by atoms with Gasteiger partial charge in [0.2, 0.25) is 0 Å². The van der Waals surface area contributed by atoms with Crippen molar-refractivity contribution < 1.29 is 48.1 Å². The molecule has 4 nitrogen and oxygen atoms in total. The largest absolute Gasteiger partial charge is 1.00 e. The van der Waals surface area contributed by atoms with Crippen LogP contribution in [-0.2, 0) is 20.9 Å². The summed E-state index contributed by atoms with van der Waals surface area (Å²) in [5.74, 6) is -0.419. The normalized spacial score (nSPS) is 13.8. The van der Waals surface area contributed by atoms with Gasteiger partial charge in [0.15, 0.2) is 0 Å². The summed E-state index contributed by atoms with van der Waals surface area (Å²) in [7, 11) is 0. The molecule has 0 aliphatic heterocycles. The molecular weight excluding hydrogens is 179 g/mol. The zero-order chi connectivity index (χ0) is 8.20. The summed E-state index contributed by atoms with van der Waals surface area (Å²) in [5.41, 5.74) is -0.459. The Kier molecular flexibility index (Phi) is 8.64. The molecule has 0 rings (SSSR count). The van der Waals surface area contributed by atoms with E-state index in [1.54, 1.807) is 20.8 Å². The van der Waals surface area contributed by atoms with E-state index in [4.69, 9.17) is 0 Å². The molecule has 0 saturated heterocycles. The van der Waals surface area contributed by atoms with Crippen molar-refractivity contribution in [2.24, 2.45) is 0 Å². The van der Waals surface area contributed by atoms with Crippen molar-refractivity contribution in [3.63, 3.8) is 0 Å². The summed E-state index contributed by atoms with van der Waals surface area (Å²) in [4.78, 5) is 8.99. The molecular formula is C5H11NaO4S. The molecule has 0 aliphatic rings. The summed E-state index contributed by atoms with van der Waals surface area (Å²) in [5, 5.41) is 0. The number of hydrogen-bond acceptors (Lipinski definition) is 4. The average molecular weight is 190 g/mol. The van der Waals surface area contributed by atoms with Crippen LogP contribution in [0.1, 0.15) is 20.8 Å². The minimum absolute atomic E-state index is 0. The van der Waals surface area contributed by atoms with Crippen molar-refractivity contribution in [2.75, 3.05) is 5.94 Å². The fraction of sp³-hybridized carbons (Fsp3) is 1.00. The Morgan fingerprint density at radius 3 is 2.18 bits per heavy atom. The maximum Gasteiger partial charge on any atom is 1.00 e. The average Bonchev–Trinajstić information content (AvgIpc) is 1.59. The second-order valence-electron chi connectivity index (χ2n) is 2.74. The minimum Gasteiger partial charge on any atom is -0.770 e. The summed E-state index contributed by atoms with van der Waals surface area (Å²) in [6.45, 7) is 5.29. The van der Waals surface area contributed by atoms with Crippen LogP contribution in [0.25, 0.3) is 0 Å². The zero-order valence-electron chi connectivity index (χ0n) is 7.25. The molecule has 0 aromatic heterocycles. The van der Waals surface area contributed by atoms with E-state index in [-0.39, 0.29) is 29.6 Å². The van der Waals surface area contributed by atoms with Gasteiger partial charge in [-0.25, -0.2) is 9.78 Å². The van der Waals surface area contributed by atoms with E-state index in [1.165, 1.54) is 0 Å². The van der Waals surface area contributed by atoms with E-state index in [2.05, 4.69) is 9.78 Å². The first kappa shape index (κ1) is 14.5. The Labute approximate surface area is 91.1 Å². The maximum absolute atomic E-state index is 9.88. The third-order valence-corrected chi connectivity index (χ3v) is 0.742. The Balaban J connectivity index is 0. The molecule has 0 heterocycles. The van der Waals surface area contributed by atoms with Crippen LogP contribution in [-0.4, -0.2) is 20.3 Å². The molecule has 0 aromatic rings. The van der Waals surface area contributed by atoms with Crippen LogP contribution < -0.4 is 29.6 Å². The van der Waals surface area contributed by atoms with Gasteiger partial charge in [0.25, 0.3) is 0 Å². The Morgan fingerprint density at radius 2 is 1.91 bits per heavy atom. The van der Waals surface area contributed by atoms with Crippen molar-refractivity contribution in [1.29, 1.82) is 0 Å². The molecule has 0 aliphatic carbocycles. The summed E-state index contributed by atoms with van der Waals surface area (Å²) in [6.07, 6.45) is 0. The first-order valence-corrected chi connectivity index (χ1v) is 4.03. The number of hydrogen-bond donors (Lipinski definition) is 0. The standard InChI is InChI=1S/C5H12O4S.Na/c1-5(2,3)9-8-4-10(6)7;/h4H2,1-3H3,(H,6,7);/q;+1/p-1. The molecule has 0 saturated carbocycles. The fourth-order valence-electron chi connectivity index (χ4n) is 0.240. The van der Waals surface area contributed by atoms with Gasteiger partial charge in [-0.2, -0.15) is 0 Å². The zero-order valence-corrected chi connectivity index (χ0v) is 10.1. The SMILES string of the molecule is CC(C)(C)OOCS(=O)[O-].[Na+]. The van der Waals surface area contributed by atoms with Gasteiger partial charge in [-0.05, 0) is 31.9 Å². The van der Waals surface area contributed by atoms with Gasteiger partial charge in [-0.15, -0.1) is 0 Å². The van der Waals surface area contributed by atoms with E-state index in [0.29, 0.717) is 0 Å². The summed E-state index contributed by atoms with van der Waals surface area (Å²) >= 11 is -2.20. The molecule has 1 unspecified atom stereocenters. The van der Waals surface area contributed by atoms with Crippen LogP contribution in [0.2, 0.25) is 0 Å². The Hall–Kier alpha value is 1.03. The second kappa shape index (κ2) is 6.54. The Morgan fingerprint density at radius 1 is 1.45 bits per heavy atom. The molecule has 0 spiro atoms. The van der Waals surface area contributed by atoms with Gasteiger partial charge >= 0.3 is 29.6 Å². The van der Waals surface area contributed by atoms with Gasteiger partial charge in [0.05, 0.1) is 5.60 Å². The van der Waals surface area contributed by atoms with Gasteiger partial charge < -0.3 is 4.55 Å². The van der Waals surface area contributed by atoms with Crippen LogP contribution in [0, 0.1) is 0 Å². The van der Waals surface area contributed by atoms with Crippen LogP contribution >= 0.6 is 0 Å². The van der Waals surface area contributed by atoms with Gasteiger partial charge in [-0.3, -0.25) is 4.21 Å². The molecule has 1 atom stereocenters. The topological polar surface area (TPSA) is 58.6 Å². The van der Waals surface area contributed by atoms with Crippen molar-refractivity contribution in [3.8, 4) is 0 Å². The van der Waals surface area contributed by atoms with Crippen LogP contribution in [0.15, 0.2) is 0 Å². The maximum atomic E-state index is 9.88. The Bertz CT molecular complexity index is 122. The molecule has 0 amide bonds. The van der Waals surface area contributed by atoms with Crippen molar-refractivity contribution in [2.45, 2.75) is 26.4 Å². The van der Waals surface area contributed by atoms with Crippen molar-refractivity contribution >= 4 is 11.1 Å². The van der Waals surface area contributed by atoms with E-state index in [9.17, 15) is 8.76 Å². The van der Waals surface area contributed by atoms with Gasteiger partial charge in [0.1, 0.15) is 5.94 Å². The minimum atomic E-state index is -2.20. The predicted octanol–water partition coefficient (Wildman–Crippen LogP) is -2.43. The first-order valence-electron chi connectivity index (χ1n) is 2.78. The fourth-order valence-corrected chi connectivity index (χ4v) is 0.367. The molecule has 0 bridgehead atoms. The van der Waals surface area contributed by atoms with E-state index < -0.39 is 22.6 Å². The molecule has 11 heavy (non-hydrogen) atoms. The van der Waals surface area contributed by atoms with Gasteiger partial charge in [0, 0.05) is 0 Å². The molecule has 62 valence electrons.